The minimum atomic E-state index is -0.127. The van der Waals surface area contributed by atoms with Crippen molar-refractivity contribution in [2.24, 2.45) is 5.92 Å². The van der Waals surface area contributed by atoms with E-state index in [2.05, 4.69) is 32.6 Å². The average Bonchev–Trinajstić information content (AvgIpc) is 3.07. The molecule has 102 valence electrons. The molecule has 0 radical (unpaired) electrons. The molecule has 1 saturated carbocycles. The first-order valence-corrected chi connectivity index (χ1v) is 7.53. The summed E-state index contributed by atoms with van der Waals surface area (Å²) in [4.78, 5) is 2.60. The number of aliphatic hydroxyl groups is 1. The average molecular weight is 241 g/mol. The van der Waals surface area contributed by atoms with Gasteiger partial charge >= 0.3 is 0 Å². The van der Waals surface area contributed by atoms with Crippen LogP contribution in [0.5, 0.6) is 0 Å². The topological polar surface area (TPSA) is 23.5 Å². The van der Waals surface area contributed by atoms with Crippen molar-refractivity contribution in [1.82, 2.24) is 4.90 Å². The van der Waals surface area contributed by atoms with Gasteiger partial charge in [0.15, 0.2) is 0 Å². The van der Waals surface area contributed by atoms with Crippen molar-refractivity contribution >= 4 is 0 Å². The van der Waals surface area contributed by atoms with Crippen molar-refractivity contribution < 1.29 is 5.11 Å². The monoisotopic (exact) mass is 241 g/mol. The summed E-state index contributed by atoms with van der Waals surface area (Å²) in [7, 11) is 0. The molecule has 1 aliphatic rings. The van der Waals surface area contributed by atoms with Crippen molar-refractivity contribution in [3.05, 3.63) is 0 Å². The molecule has 0 aromatic rings. The molecule has 0 saturated heterocycles. The molecule has 2 unspecified atom stereocenters. The Labute approximate surface area is 107 Å². The van der Waals surface area contributed by atoms with E-state index in [1.54, 1.807) is 0 Å². The summed E-state index contributed by atoms with van der Waals surface area (Å²) < 4.78 is 0. The summed E-state index contributed by atoms with van der Waals surface area (Å²) in [5.74, 6) is 0.761. The van der Waals surface area contributed by atoms with E-state index in [0.717, 1.165) is 31.2 Å². The van der Waals surface area contributed by atoms with Crippen LogP contribution in [0.1, 0.15) is 66.2 Å². The zero-order valence-corrected chi connectivity index (χ0v) is 12.2. The van der Waals surface area contributed by atoms with Crippen LogP contribution in [0.4, 0.5) is 0 Å². The minimum Gasteiger partial charge on any atom is -0.391 e. The Morgan fingerprint density at radius 1 is 1.18 bits per heavy atom. The summed E-state index contributed by atoms with van der Waals surface area (Å²) in [6.07, 6.45) is 6.92. The van der Waals surface area contributed by atoms with E-state index < -0.39 is 0 Å². The maximum Gasteiger partial charge on any atom is 0.0695 e. The van der Waals surface area contributed by atoms with Crippen LogP contribution < -0.4 is 0 Å². The quantitative estimate of drug-likeness (QED) is 0.668. The summed E-state index contributed by atoms with van der Waals surface area (Å²) in [5.41, 5.74) is 0. The number of hydrogen-bond donors (Lipinski definition) is 1. The highest BCUT2D eigenvalue weighted by molar-refractivity contribution is 4.91. The molecule has 2 nitrogen and oxygen atoms in total. The first-order chi connectivity index (χ1) is 8.10. The highest BCUT2D eigenvalue weighted by Gasteiger charge is 2.35. The lowest BCUT2D eigenvalue weighted by molar-refractivity contribution is 0.0334. The van der Waals surface area contributed by atoms with E-state index in [0.29, 0.717) is 6.04 Å². The first-order valence-electron chi connectivity index (χ1n) is 7.53. The summed E-state index contributed by atoms with van der Waals surface area (Å²) in [6.45, 7) is 10.1. The molecule has 0 bridgehead atoms. The molecule has 0 amide bonds. The molecule has 1 rings (SSSR count). The Morgan fingerprint density at radius 2 is 1.82 bits per heavy atom. The highest BCUT2D eigenvalue weighted by atomic mass is 16.3. The second-order valence-corrected chi connectivity index (χ2v) is 5.98. The predicted octanol–water partition coefficient (Wildman–Crippen LogP) is 3.44. The van der Waals surface area contributed by atoms with Crippen LogP contribution in [0.25, 0.3) is 0 Å². The van der Waals surface area contributed by atoms with Gasteiger partial charge in [0.1, 0.15) is 0 Å². The van der Waals surface area contributed by atoms with E-state index in [1.807, 2.05) is 0 Å². The van der Waals surface area contributed by atoms with Gasteiger partial charge in [-0.2, -0.15) is 0 Å². The first kappa shape index (κ1) is 15.0. The van der Waals surface area contributed by atoms with Crippen LogP contribution in [0, 0.1) is 5.92 Å². The maximum absolute atomic E-state index is 10.3. The second-order valence-electron chi connectivity index (χ2n) is 5.98. The fourth-order valence-electron chi connectivity index (χ4n) is 2.65. The van der Waals surface area contributed by atoms with E-state index in [4.69, 9.17) is 0 Å². The Kier molecular flexibility index (Phi) is 6.50. The zero-order valence-electron chi connectivity index (χ0n) is 12.2. The molecule has 1 aliphatic carbocycles. The van der Waals surface area contributed by atoms with Gasteiger partial charge in [0, 0.05) is 12.1 Å². The maximum atomic E-state index is 10.3. The number of aliphatic hydroxyl groups excluding tert-OH is 1. The SMILES string of the molecule is CCCC(O)C(CC)N(CCC(C)C)C1CC1. The van der Waals surface area contributed by atoms with Gasteiger partial charge in [-0.25, -0.2) is 0 Å². The van der Waals surface area contributed by atoms with E-state index in [9.17, 15) is 5.11 Å². The van der Waals surface area contributed by atoms with Gasteiger partial charge in [0.05, 0.1) is 6.10 Å². The standard InChI is InChI=1S/C15H31NO/c1-5-7-15(17)14(6-2)16(13-8-9-13)11-10-12(3)4/h12-15,17H,5-11H2,1-4H3. The number of hydrogen-bond acceptors (Lipinski definition) is 2. The van der Waals surface area contributed by atoms with Crippen LogP contribution >= 0.6 is 0 Å². The molecule has 0 aromatic carbocycles. The second kappa shape index (κ2) is 7.38. The van der Waals surface area contributed by atoms with Crippen molar-refractivity contribution in [3.63, 3.8) is 0 Å². The summed E-state index contributed by atoms with van der Waals surface area (Å²) >= 11 is 0. The molecular formula is C15H31NO. The van der Waals surface area contributed by atoms with Crippen molar-refractivity contribution in [1.29, 1.82) is 0 Å². The molecule has 1 fully saturated rings. The van der Waals surface area contributed by atoms with Crippen molar-refractivity contribution in [3.8, 4) is 0 Å². The Bertz CT molecular complexity index is 201. The summed E-state index contributed by atoms with van der Waals surface area (Å²) in [6, 6.07) is 1.16. The third-order valence-corrected chi connectivity index (χ3v) is 3.85. The third kappa shape index (κ3) is 4.97. The molecular weight excluding hydrogens is 210 g/mol. The zero-order chi connectivity index (χ0) is 12.8. The molecule has 0 spiro atoms. The van der Waals surface area contributed by atoms with Crippen molar-refractivity contribution in [2.75, 3.05) is 6.54 Å². The predicted molar refractivity (Wildman–Crippen MR) is 74.2 cm³/mol. The molecule has 0 aromatic heterocycles. The van der Waals surface area contributed by atoms with E-state index >= 15 is 0 Å². The van der Waals surface area contributed by atoms with Crippen LogP contribution in [0.3, 0.4) is 0 Å². The van der Waals surface area contributed by atoms with Gasteiger partial charge in [-0.1, -0.05) is 34.1 Å². The van der Waals surface area contributed by atoms with Gasteiger partial charge in [-0.3, -0.25) is 4.90 Å². The fraction of sp³-hybridized carbons (Fsp3) is 1.00. The molecule has 2 atom stereocenters. The normalized spacial score (nSPS) is 19.9. The number of rotatable bonds is 9. The minimum absolute atomic E-state index is 0.127. The van der Waals surface area contributed by atoms with E-state index in [-0.39, 0.29) is 6.10 Å². The lowest BCUT2D eigenvalue weighted by Crippen LogP contribution is -2.45. The van der Waals surface area contributed by atoms with E-state index in [1.165, 1.54) is 25.8 Å². The smallest absolute Gasteiger partial charge is 0.0695 e. The summed E-state index contributed by atoms with van der Waals surface area (Å²) in [5, 5.41) is 10.3. The highest BCUT2D eigenvalue weighted by Crippen LogP contribution is 2.31. The van der Waals surface area contributed by atoms with Crippen LogP contribution in [0.15, 0.2) is 0 Å². The Hall–Kier alpha value is -0.0800. The largest absolute Gasteiger partial charge is 0.391 e. The third-order valence-electron chi connectivity index (χ3n) is 3.85. The van der Waals surface area contributed by atoms with Crippen molar-refractivity contribution in [2.45, 2.75) is 84.4 Å². The lowest BCUT2D eigenvalue weighted by atomic mass is 10.0. The van der Waals surface area contributed by atoms with Gasteiger partial charge in [-0.05, 0) is 44.6 Å². The molecule has 2 heteroatoms. The number of nitrogens with zero attached hydrogens (tertiary/aromatic N) is 1. The molecule has 0 heterocycles. The van der Waals surface area contributed by atoms with Crippen LogP contribution in [0.2, 0.25) is 0 Å². The van der Waals surface area contributed by atoms with Crippen LogP contribution in [-0.4, -0.2) is 34.7 Å². The van der Waals surface area contributed by atoms with Crippen LogP contribution in [-0.2, 0) is 0 Å². The fourth-order valence-corrected chi connectivity index (χ4v) is 2.65. The van der Waals surface area contributed by atoms with Gasteiger partial charge < -0.3 is 5.11 Å². The molecule has 17 heavy (non-hydrogen) atoms. The van der Waals surface area contributed by atoms with Gasteiger partial charge in [0.2, 0.25) is 0 Å². The Morgan fingerprint density at radius 3 is 2.24 bits per heavy atom. The van der Waals surface area contributed by atoms with Gasteiger partial charge in [0.25, 0.3) is 0 Å². The Balaban J connectivity index is 2.52. The van der Waals surface area contributed by atoms with Gasteiger partial charge in [-0.15, -0.1) is 0 Å². The molecule has 1 N–H and O–H groups in total. The molecule has 0 aliphatic heterocycles. The lowest BCUT2D eigenvalue weighted by Gasteiger charge is -2.35.